The molecule has 0 bridgehead atoms. The summed E-state index contributed by atoms with van der Waals surface area (Å²) in [4.78, 5) is 49.4. The number of nitrogens with zero attached hydrogens (tertiary/aromatic N) is 2. The summed E-state index contributed by atoms with van der Waals surface area (Å²) in [6.07, 6.45) is -3.62. The Kier molecular flexibility index (Phi) is 7.51. The molecule has 0 saturated carbocycles. The lowest BCUT2D eigenvalue weighted by atomic mass is 10.1. The van der Waals surface area contributed by atoms with Crippen LogP contribution in [0.1, 0.15) is 16.7 Å². The highest BCUT2D eigenvalue weighted by atomic mass is 35.5. The van der Waals surface area contributed by atoms with Gasteiger partial charge in [-0.2, -0.15) is 13.2 Å². The molecule has 1 fully saturated rings. The highest BCUT2D eigenvalue weighted by molar-refractivity contribution is 6.40. The molecule has 0 atom stereocenters. The molecule has 1 saturated heterocycles. The summed E-state index contributed by atoms with van der Waals surface area (Å²) >= 11 is 6.12. The maximum Gasteiger partial charge on any atom is 0.416 e. The number of barbiturate groups is 1. The lowest BCUT2D eigenvalue weighted by molar-refractivity contribution is -0.385. The first kappa shape index (κ1) is 28.1. The molecule has 0 radical (unpaired) electrons. The van der Waals surface area contributed by atoms with Crippen molar-refractivity contribution in [3.05, 3.63) is 92.0 Å². The number of halogens is 4. The smallest absolute Gasteiger partial charge is 0.416 e. The molecule has 0 aliphatic carbocycles. The van der Waals surface area contributed by atoms with Crippen LogP contribution in [0.25, 0.3) is 6.08 Å². The van der Waals surface area contributed by atoms with Crippen LogP contribution in [-0.2, 0) is 15.8 Å². The number of urea groups is 1. The van der Waals surface area contributed by atoms with Gasteiger partial charge >= 0.3 is 17.9 Å². The van der Waals surface area contributed by atoms with Crippen molar-refractivity contribution in [3.63, 3.8) is 0 Å². The quantitative estimate of drug-likeness (QED) is 0.164. The fourth-order valence-electron chi connectivity index (χ4n) is 3.78. The monoisotopic (exact) mass is 575 g/mol. The van der Waals surface area contributed by atoms with Crippen LogP contribution in [0.2, 0.25) is 5.02 Å². The molecule has 0 unspecified atom stereocenters. The van der Waals surface area contributed by atoms with E-state index in [1.54, 1.807) is 13.0 Å². The fourth-order valence-corrected chi connectivity index (χ4v) is 3.95. The number of rotatable bonds is 6. The highest BCUT2D eigenvalue weighted by Gasteiger charge is 2.38. The summed E-state index contributed by atoms with van der Waals surface area (Å²) in [6, 6.07) is 9.40. The highest BCUT2D eigenvalue weighted by Crippen LogP contribution is 2.40. The zero-order chi connectivity index (χ0) is 29.4. The predicted octanol–water partition coefficient (Wildman–Crippen LogP) is 6.04. The third-order valence-electron chi connectivity index (χ3n) is 5.78. The van der Waals surface area contributed by atoms with E-state index in [0.717, 1.165) is 11.0 Å². The van der Waals surface area contributed by atoms with Gasteiger partial charge in [-0.25, -0.2) is 9.69 Å². The van der Waals surface area contributed by atoms with Gasteiger partial charge in [-0.3, -0.25) is 25.0 Å². The Bertz CT molecular complexity index is 1600. The number of methoxy groups -OCH3 is 1. The Labute approximate surface area is 228 Å². The normalized spacial score (nSPS) is 14.8. The van der Waals surface area contributed by atoms with Gasteiger partial charge in [0.15, 0.2) is 11.5 Å². The molecular weight excluding hydrogens is 559 g/mol. The molecule has 14 heteroatoms. The number of carbonyl (C=O) groups is 3. The fraction of sp³-hybridized carbons (Fsp3) is 0.115. The van der Waals surface area contributed by atoms with Crippen molar-refractivity contribution >= 4 is 46.9 Å². The summed E-state index contributed by atoms with van der Waals surface area (Å²) in [5.41, 5.74) is -1.70. The summed E-state index contributed by atoms with van der Waals surface area (Å²) in [5, 5.41) is 13.8. The zero-order valence-electron chi connectivity index (χ0n) is 20.5. The van der Waals surface area contributed by atoms with Gasteiger partial charge in [0.2, 0.25) is 5.75 Å². The first-order valence-electron chi connectivity index (χ1n) is 11.2. The van der Waals surface area contributed by atoms with Gasteiger partial charge < -0.3 is 9.47 Å². The van der Waals surface area contributed by atoms with Crippen molar-refractivity contribution < 1.29 is 42.0 Å². The lowest BCUT2D eigenvalue weighted by Gasteiger charge is -2.27. The minimum atomic E-state index is -4.80. The Morgan fingerprint density at radius 3 is 2.38 bits per heavy atom. The van der Waals surface area contributed by atoms with E-state index in [9.17, 15) is 37.7 Å². The van der Waals surface area contributed by atoms with Gasteiger partial charge in [-0.15, -0.1) is 0 Å². The summed E-state index contributed by atoms with van der Waals surface area (Å²) in [6.45, 7) is 1.60. The van der Waals surface area contributed by atoms with E-state index in [1.807, 2.05) is 0 Å². The molecule has 3 aromatic carbocycles. The number of benzene rings is 3. The van der Waals surface area contributed by atoms with E-state index in [2.05, 4.69) is 5.32 Å². The van der Waals surface area contributed by atoms with Crippen LogP contribution in [0, 0.1) is 17.0 Å². The second-order valence-electron chi connectivity index (χ2n) is 8.29. The summed E-state index contributed by atoms with van der Waals surface area (Å²) in [7, 11) is 1.24. The molecule has 0 spiro atoms. The first-order chi connectivity index (χ1) is 18.8. The number of imide groups is 2. The number of amides is 4. The number of ether oxygens (including phenoxy) is 2. The van der Waals surface area contributed by atoms with Gasteiger partial charge in [-0.05, 0) is 60.5 Å². The van der Waals surface area contributed by atoms with Gasteiger partial charge in [0.05, 0.1) is 23.3 Å². The number of hydrogen-bond donors (Lipinski definition) is 1. The van der Waals surface area contributed by atoms with Gasteiger partial charge in [0.25, 0.3) is 11.8 Å². The summed E-state index contributed by atoms with van der Waals surface area (Å²) < 4.78 is 49.8. The van der Waals surface area contributed by atoms with Gasteiger partial charge in [-0.1, -0.05) is 23.7 Å². The van der Waals surface area contributed by atoms with Crippen molar-refractivity contribution in [1.29, 1.82) is 0 Å². The predicted molar refractivity (Wildman–Crippen MR) is 136 cm³/mol. The molecule has 40 heavy (non-hydrogen) atoms. The Balaban J connectivity index is 1.69. The molecule has 10 nitrogen and oxygen atoms in total. The molecule has 206 valence electrons. The van der Waals surface area contributed by atoms with Gasteiger partial charge in [0, 0.05) is 11.1 Å². The Morgan fingerprint density at radius 1 is 1.02 bits per heavy atom. The average molecular weight is 576 g/mol. The zero-order valence-corrected chi connectivity index (χ0v) is 21.3. The van der Waals surface area contributed by atoms with E-state index >= 15 is 0 Å². The molecule has 0 aromatic heterocycles. The van der Waals surface area contributed by atoms with E-state index < -0.39 is 51.5 Å². The Morgan fingerprint density at radius 2 is 1.73 bits per heavy atom. The number of carbonyl (C=O) groups excluding carboxylic acids is 3. The van der Waals surface area contributed by atoms with Crippen molar-refractivity contribution in [2.45, 2.75) is 13.1 Å². The number of nitro groups is 1. The largest absolute Gasteiger partial charge is 0.493 e. The van der Waals surface area contributed by atoms with Gasteiger partial charge in [0.1, 0.15) is 5.57 Å². The van der Waals surface area contributed by atoms with E-state index in [1.165, 1.54) is 43.5 Å². The van der Waals surface area contributed by atoms with Crippen molar-refractivity contribution in [2.75, 3.05) is 12.0 Å². The maximum absolute atomic E-state index is 13.2. The minimum absolute atomic E-state index is 0.0224. The molecule has 1 heterocycles. The maximum atomic E-state index is 13.2. The number of hydrogen-bond acceptors (Lipinski definition) is 7. The van der Waals surface area contributed by atoms with Crippen molar-refractivity contribution in [3.8, 4) is 17.2 Å². The molecule has 3 aromatic rings. The second-order valence-corrected chi connectivity index (χ2v) is 8.70. The van der Waals surface area contributed by atoms with Crippen molar-refractivity contribution in [2.24, 2.45) is 0 Å². The molecule has 1 aliphatic rings. The first-order valence-corrected chi connectivity index (χ1v) is 11.6. The van der Waals surface area contributed by atoms with Crippen LogP contribution >= 0.6 is 11.6 Å². The third kappa shape index (κ3) is 5.45. The van der Waals surface area contributed by atoms with Crippen LogP contribution in [0.4, 0.5) is 29.3 Å². The number of alkyl halides is 3. The molecule has 1 N–H and O–H groups in total. The third-order valence-corrected chi connectivity index (χ3v) is 6.19. The standard InChI is InChI=1S/C26H17ClF3N3O7/c1-13-17(27)4-3-5-18(13)32-24(35)16(23(34)31-25(32)36)10-14-6-8-21(22(11-14)39-2)40-20-9-7-15(26(28,29)30)12-19(20)33(37)38/h3-12H,1-2H3,(H,31,34,36)/b16-10+. The molecule has 1 aliphatic heterocycles. The summed E-state index contributed by atoms with van der Waals surface area (Å²) in [5.74, 6) is -2.47. The Hall–Kier alpha value is -4.91. The van der Waals surface area contributed by atoms with Crippen LogP contribution in [0.15, 0.2) is 60.2 Å². The minimum Gasteiger partial charge on any atom is -0.493 e. The van der Waals surface area contributed by atoms with Crippen LogP contribution in [0.3, 0.4) is 0 Å². The number of anilines is 1. The average Bonchev–Trinajstić information content (AvgIpc) is 2.89. The SMILES string of the molecule is COc1cc(/C=C2\C(=O)NC(=O)N(c3cccc(Cl)c3C)C2=O)ccc1Oc1ccc(C(F)(F)F)cc1[N+](=O)[O-]. The van der Waals surface area contributed by atoms with Crippen LogP contribution < -0.4 is 19.7 Å². The number of nitrogens with one attached hydrogen (secondary N) is 1. The molecule has 4 rings (SSSR count). The molecular formula is C26H17ClF3N3O7. The molecule has 4 amide bonds. The van der Waals surface area contributed by atoms with E-state index in [0.29, 0.717) is 22.7 Å². The van der Waals surface area contributed by atoms with Crippen molar-refractivity contribution in [1.82, 2.24) is 5.32 Å². The van der Waals surface area contributed by atoms with Crippen LogP contribution in [0.5, 0.6) is 17.2 Å². The van der Waals surface area contributed by atoms with E-state index in [4.69, 9.17) is 21.1 Å². The van der Waals surface area contributed by atoms with E-state index in [-0.39, 0.29) is 22.7 Å². The topological polar surface area (TPSA) is 128 Å². The second kappa shape index (κ2) is 10.7. The number of nitro benzene ring substituents is 1. The lowest BCUT2D eigenvalue weighted by Crippen LogP contribution is -2.54. The van der Waals surface area contributed by atoms with Crippen LogP contribution in [-0.4, -0.2) is 29.9 Å².